The Labute approximate surface area is 165 Å². The largest absolute Gasteiger partial charge is 0.480 e. The van der Waals surface area contributed by atoms with Crippen LogP contribution in [0.25, 0.3) is 0 Å². The molecule has 0 spiro atoms. The number of carboxylic acid groups (broad SMARTS) is 1. The van der Waals surface area contributed by atoms with Gasteiger partial charge in [0, 0.05) is 12.8 Å². The molecule has 1 unspecified atom stereocenters. The van der Waals surface area contributed by atoms with Crippen LogP contribution in [-0.2, 0) is 14.4 Å². The molecule has 0 radical (unpaired) electrons. The molecule has 5 nitrogen and oxygen atoms in total. The van der Waals surface area contributed by atoms with Crippen LogP contribution in [0.5, 0.6) is 0 Å². The van der Waals surface area contributed by atoms with Crippen molar-refractivity contribution in [2.24, 2.45) is 0 Å². The topological polar surface area (TPSA) is 83.5 Å². The molecule has 0 saturated heterocycles. The van der Waals surface area contributed by atoms with Gasteiger partial charge in [0.2, 0.25) is 5.91 Å². The summed E-state index contributed by atoms with van der Waals surface area (Å²) in [5.41, 5.74) is 0. The van der Waals surface area contributed by atoms with Crippen LogP contribution in [0, 0.1) is 0 Å². The molecule has 1 atom stereocenters. The lowest BCUT2D eigenvalue weighted by Crippen LogP contribution is -2.40. The quantitative estimate of drug-likeness (QED) is 0.218. The van der Waals surface area contributed by atoms with Crippen molar-refractivity contribution in [3.05, 3.63) is 0 Å². The standard InChI is InChI=1S/C22H41NO4/c1-2-3-4-5-6-7-8-9-10-11-12-13-14-15-17-20(22(26)27)23-21(25)18-16-19-24/h19-20H,2-18H2,1H3,(H,23,25)(H,26,27). The molecule has 158 valence electrons. The molecule has 0 rings (SSSR count). The van der Waals surface area contributed by atoms with Gasteiger partial charge in [-0.15, -0.1) is 0 Å². The fourth-order valence-electron chi connectivity index (χ4n) is 3.26. The first-order chi connectivity index (χ1) is 13.1. The maximum atomic E-state index is 11.5. The van der Waals surface area contributed by atoms with Gasteiger partial charge in [-0.25, -0.2) is 4.79 Å². The van der Waals surface area contributed by atoms with Crippen LogP contribution in [0.3, 0.4) is 0 Å². The lowest BCUT2D eigenvalue weighted by atomic mass is 10.0. The summed E-state index contributed by atoms with van der Waals surface area (Å²) in [5.74, 6) is -1.36. The summed E-state index contributed by atoms with van der Waals surface area (Å²) < 4.78 is 0. The van der Waals surface area contributed by atoms with Crippen LogP contribution >= 0.6 is 0 Å². The second-order valence-electron chi connectivity index (χ2n) is 7.55. The van der Waals surface area contributed by atoms with Gasteiger partial charge in [0.05, 0.1) is 0 Å². The van der Waals surface area contributed by atoms with Crippen LogP contribution in [0.1, 0.15) is 116 Å². The zero-order valence-corrected chi connectivity index (χ0v) is 17.3. The minimum atomic E-state index is -0.996. The van der Waals surface area contributed by atoms with E-state index < -0.39 is 12.0 Å². The molecule has 0 aromatic carbocycles. The third kappa shape index (κ3) is 17.8. The van der Waals surface area contributed by atoms with E-state index in [1.54, 1.807) is 0 Å². The first-order valence-corrected chi connectivity index (χ1v) is 11.1. The van der Waals surface area contributed by atoms with E-state index in [9.17, 15) is 14.4 Å². The molecule has 0 fully saturated rings. The number of unbranched alkanes of at least 4 members (excludes halogenated alkanes) is 13. The van der Waals surface area contributed by atoms with Crippen molar-refractivity contribution in [3.8, 4) is 0 Å². The number of aldehydes is 1. The normalized spacial score (nSPS) is 11.9. The van der Waals surface area contributed by atoms with Crippen LogP contribution in [0.15, 0.2) is 0 Å². The van der Waals surface area contributed by atoms with Crippen LogP contribution < -0.4 is 5.32 Å². The lowest BCUT2D eigenvalue weighted by Gasteiger charge is -2.14. The zero-order valence-electron chi connectivity index (χ0n) is 17.3. The van der Waals surface area contributed by atoms with Gasteiger partial charge in [-0.2, -0.15) is 0 Å². The minimum absolute atomic E-state index is 0.0615. The fraction of sp³-hybridized carbons (Fsp3) is 0.864. The number of carbonyl (C=O) groups excluding carboxylic acids is 2. The second kappa shape index (κ2) is 19.4. The molecule has 0 aliphatic carbocycles. The summed E-state index contributed by atoms with van der Waals surface area (Å²) in [6, 6.07) is -0.832. The number of hydrogen-bond donors (Lipinski definition) is 2. The Hall–Kier alpha value is -1.39. The highest BCUT2D eigenvalue weighted by Gasteiger charge is 2.18. The predicted molar refractivity (Wildman–Crippen MR) is 110 cm³/mol. The van der Waals surface area contributed by atoms with Gasteiger partial charge in [0.15, 0.2) is 0 Å². The molecule has 5 heteroatoms. The molecule has 0 aromatic rings. The molecule has 1 amide bonds. The number of rotatable bonds is 20. The van der Waals surface area contributed by atoms with E-state index in [-0.39, 0.29) is 18.7 Å². The van der Waals surface area contributed by atoms with Crippen molar-refractivity contribution in [2.45, 2.75) is 122 Å². The lowest BCUT2D eigenvalue weighted by molar-refractivity contribution is -0.142. The summed E-state index contributed by atoms with van der Waals surface area (Å²) in [7, 11) is 0. The monoisotopic (exact) mass is 383 g/mol. The third-order valence-corrected chi connectivity index (χ3v) is 4.97. The molecule has 0 aromatic heterocycles. The van der Waals surface area contributed by atoms with Gasteiger partial charge in [-0.3, -0.25) is 4.79 Å². The molecule has 0 heterocycles. The minimum Gasteiger partial charge on any atom is -0.480 e. The van der Waals surface area contributed by atoms with Crippen LogP contribution in [0.2, 0.25) is 0 Å². The molecular formula is C22H41NO4. The van der Waals surface area contributed by atoms with Gasteiger partial charge >= 0.3 is 5.97 Å². The van der Waals surface area contributed by atoms with E-state index in [1.165, 1.54) is 70.6 Å². The third-order valence-electron chi connectivity index (χ3n) is 4.97. The number of nitrogens with one attached hydrogen (secondary N) is 1. The highest BCUT2D eigenvalue weighted by molar-refractivity contribution is 5.84. The Morgan fingerprint density at radius 2 is 1.26 bits per heavy atom. The summed E-state index contributed by atoms with van der Waals surface area (Å²) in [5, 5.41) is 11.7. The average Bonchev–Trinajstić information content (AvgIpc) is 2.65. The van der Waals surface area contributed by atoms with Gasteiger partial charge in [-0.05, 0) is 6.42 Å². The van der Waals surface area contributed by atoms with Crippen molar-refractivity contribution < 1.29 is 19.5 Å². The maximum Gasteiger partial charge on any atom is 0.326 e. The Morgan fingerprint density at radius 1 is 0.815 bits per heavy atom. The van der Waals surface area contributed by atoms with Gasteiger partial charge in [0.1, 0.15) is 12.3 Å². The first kappa shape index (κ1) is 25.6. The smallest absolute Gasteiger partial charge is 0.326 e. The van der Waals surface area contributed by atoms with Crippen molar-refractivity contribution in [1.29, 1.82) is 0 Å². The molecule has 0 saturated carbocycles. The van der Waals surface area contributed by atoms with E-state index in [2.05, 4.69) is 12.2 Å². The SMILES string of the molecule is CCCCCCCCCCCCCCCCC(NC(=O)CCC=O)C(=O)O. The van der Waals surface area contributed by atoms with Crippen molar-refractivity contribution in [2.75, 3.05) is 0 Å². The van der Waals surface area contributed by atoms with Crippen LogP contribution in [-0.4, -0.2) is 29.3 Å². The number of carbonyl (C=O) groups is 3. The molecule has 0 aliphatic rings. The molecule has 27 heavy (non-hydrogen) atoms. The number of carboxylic acids is 1. The molecule has 0 aliphatic heterocycles. The summed E-state index contributed by atoms with van der Waals surface area (Å²) in [4.78, 5) is 33.0. The van der Waals surface area contributed by atoms with E-state index in [4.69, 9.17) is 5.11 Å². The first-order valence-electron chi connectivity index (χ1n) is 11.1. The van der Waals surface area contributed by atoms with E-state index >= 15 is 0 Å². The van der Waals surface area contributed by atoms with Gasteiger partial charge < -0.3 is 15.2 Å². The average molecular weight is 384 g/mol. The van der Waals surface area contributed by atoms with Crippen LogP contribution in [0.4, 0.5) is 0 Å². The Kier molecular flexibility index (Phi) is 18.4. The number of aliphatic carboxylic acids is 1. The Bertz CT molecular complexity index is 385. The van der Waals surface area contributed by atoms with Gasteiger partial charge in [-0.1, -0.05) is 96.8 Å². The molecule has 2 N–H and O–H groups in total. The maximum absolute atomic E-state index is 11.5. The van der Waals surface area contributed by atoms with Crippen molar-refractivity contribution in [3.63, 3.8) is 0 Å². The predicted octanol–water partition coefficient (Wildman–Crippen LogP) is 5.41. The number of hydrogen-bond acceptors (Lipinski definition) is 3. The van der Waals surface area contributed by atoms with Crippen molar-refractivity contribution >= 4 is 18.2 Å². The molecule has 0 bridgehead atoms. The molecular weight excluding hydrogens is 342 g/mol. The van der Waals surface area contributed by atoms with E-state index in [1.807, 2.05) is 0 Å². The number of amides is 1. The summed E-state index contributed by atoms with van der Waals surface area (Å²) in [6.07, 6.45) is 19.0. The highest BCUT2D eigenvalue weighted by Crippen LogP contribution is 2.13. The summed E-state index contributed by atoms with van der Waals surface area (Å²) in [6.45, 7) is 2.25. The van der Waals surface area contributed by atoms with E-state index in [0.717, 1.165) is 19.3 Å². The summed E-state index contributed by atoms with van der Waals surface area (Å²) >= 11 is 0. The van der Waals surface area contributed by atoms with Gasteiger partial charge in [0.25, 0.3) is 0 Å². The Balaban J connectivity index is 3.48. The second-order valence-corrected chi connectivity index (χ2v) is 7.55. The zero-order chi connectivity index (χ0) is 20.2. The highest BCUT2D eigenvalue weighted by atomic mass is 16.4. The van der Waals surface area contributed by atoms with E-state index in [0.29, 0.717) is 12.7 Å². The fourth-order valence-corrected chi connectivity index (χ4v) is 3.26. The van der Waals surface area contributed by atoms with Crippen molar-refractivity contribution in [1.82, 2.24) is 5.32 Å². The Morgan fingerprint density at radius 3 is 1.67 bits per heavy atom.